The Balaban J connectivity index is 1.41. The number of anilines is 2. The molecule has 1 atom stereocenters. The molecule has 1 spiro atoms. The summed E-state index contributed by atoms with van der Waals surface area (Å²) in [7, 11) is 1.70. The summed E-state index contributed by atoms with van der Waals surface area (Å²) in [4.78, 5) is 37.6. The zero-order valence-corrected chi connectivity index (χ0v) is 15.8. The van der Waals surface area contributed by atoms with Crippen LogP contribution < -0.4 is 15.4 Å². The van der Waals surface area contributed by atoms with Gasteiger partial charge < -0.3 is 14.4 Å². The zero-order chi connectivity index (χ0) is 18.6. The van der Waals surface area contributed by atoms with E-state index < -0.39 is 0 Å². The van der Waals surface area contributed by atoms with Gasteiger partial charge in [-0.3, -0.25) is 9.59 Å². The monoisotopic (exact) mass is 381 g/mol. The maximum absolute atomic E-state index is 13.1. The Labute approximate surface area is 159 Å². The van der Waals surface area contributed by atoms with Crippen molar-refractivity contribution < 1.29 is 4.79 Å². The number of aromatic nitrogens is 3. The highest BCUT2D eigenvalue weighted by Crippen LogP contribution is 2.44. The largest absolute Gasteiger partial charge is 0.354 e. The fourth-order valence-corrected chi connectivity index (χ4v) is 5.06. The number of piperidine rings is 1. The molecule has 1 unspecified atom stereocenters. The summed E-state index contributed by atoms with van der Waals surface area (Å²) < 4.78 is 2.59. The smallest absolute Gasteiger partial charge is 0.250 e. The van der Waals surface area contributed by atoms with E-state index in [9.17, 15) is 9.59 Å². The Morgan fingerprint density at radius 3 is 2.85 bits per heavy atom. The maximum atomic E-state index is 13.1. The van der Waals surface area contributed by atoms with Crippen molar-refractivity contribution in [1.82, 2.24) is 14.5 Å². The fraction of sp³-hybridized carbons (Fsp3) is 0.368. The molecule has 3 aromatic heterocycles. The molecular weight excluding hydrogens is 362 g/mol. The van der Waals surface area contributed by atoms with Gasteiger partial charge >= 0.3 is 0 Å². The highest BCUT2D eigenvalue weighted by Gasteiger charge is 2.54. The number of nitrogens with zero attached hydrogens (tertiary/aromatic N) is 5. The average molecular weight is 381 g/mol. The van der Waals surface area contributed by atoms with E-state index >= 15 is 0 Å². The number of rotatable bonds is 2. The third-order valence-corrected chi connectivity index (χ3v) is 6.54. The molecule has 7 nitrogen and oxygen atoms in total. The van der Waals surface area contributed by atoms with E-state index in [4.69, 9.17) is 0 Å². The first-order chi connectivity index (χ1) is 13.1. The normalized spacial score (nSPS) is 22.5. The molecular formula is C19H19N5O2S. The van der Waals surface area contributed by atoms with Gasteiger partial charge in [-0.15, -0.1) is 11.3 Å². The van der Waals surface area contributed by atoms with E-state index in [0.29, 0.717) is 13.1 Å². The predicted octanol–water partition coefficient (Wildman–Crippen LogP) is 2.02. The minimum Gasteiger partial charge on any atom is -0.354 e. The standard InChI is InChI=1S/C19H19N5O2S/c1-22-9-13(3-4-15(22)25)24-11-19(18(24)26)6-2-7-23(10-19)17-16-14(5-8-27-16)20-12-21-17/h3-5,8-9,12H,2,6-7,10-11H2,1H3. The molecule has 8 heteroatoms. The average Bonchev–Trinajstić information content (AvgIpc) is 3.17. The lowest BCUT2D eigenvalue weighted by molar-refractivity contribution is -0.135. The van der Waals surface area contributed by atoms with Crippen molar-refractivity contribution >= 4 is 39.0 Å². The molecule has 5 heterocycles. The lowest BCUT2D eigenvalue weighted by Crippen LogP contribution is -2.67. The van der Waals surface area contributed by atoms with Crippen molar-refractivity contribution in [2.75, 3.05) is 29.4 Å². The molecule has 0 saturated carbocycles. The molecule has 2 aliphatic rings. The number of carbonyl (C=O) groups excluding carboxylic acids is 1. The Hall–Kier alpha value is -2.74. The second-order valence-electron chi connectivity index (χ2n) is 7.37. The van der Waals surface area contributed by atoms with E-state index in [1.165, 1.54) is 10.6 Å². The highest BCUT2D eigenvalue weighted by atomic mass is 32.1. The van der Waals surface area contributed by atoms with E-state index in [1.807, 2.05) is 11.4 Å². The van der Waals surface area contributed by atoms with Crippen LogP contribution in [0.4, 0.5) is 11.5 Å². The number of hydrogen-bond acceptors (Lipinski definition) is 6. The Kier molecular flexibility index (Phi) is 3.58. The topological polar surface area (TPSA) is 71.3 Å². The Bertz CT molecular complexity index is 1110. The van der Waals surface area contributed by atoms with Gasteiger partial charge in [0.2, 0.25) is 11.5 Å². The summed E-state index contributed by atoms with van der Waals surface area (Å²) in [5, 5.41) is 2.03. The fourth-order valence-electron chi connectivity index (χ4n) is 4.20. The number of hydrogen-bond donors (Lipinski definition) is 0. The van der Waals surface area contributed by atoms with Gasteiger partial charge in [0.1, 0.15) is 12.1 Å². The number of pyridine rings is 1. The van der Waals surface area contributed by atoms with Crippen LogP contribution in [0.15, 0.2) is 40.9 Å². The summed E-state index contributed by atoms with van der Waals surface area (Å²) in [6.45, 7) is 2.26. The predicted molar refractivity (Wildman–Crippen MR) is 105 cm³/mol. The van der Waals surface area contributed by atoms with Crippen LogP contribution in [0.5, 0.6) is 0 Å². The van der Waals surface area contributed by atoms with Crippen LogP contribution in [0.1, 0.15) is 12.8 Å². The molecule has 5 rings (SSSR count). The van der Waals surface area contributed by atoms with Gasteiger partial charge in [0.25, 0.3) is 0 Å². The minimum atomic E-state index is -0.360. The van der Waals surface area contributed by atoms with E-state index in [0.717, 1.165) is 41.1 Å². The van der Waals surface area contributed by atoms with Gasteiger partial charge in [0.15, 0.2) is 0 Å². The van der Waals surface area contributed by atoms with Gasteiger partial charge in [0, 0.05) is 38.9 Å². The van der Waals surface area contributed by atoms with Crippen LogP contribution in [0.25, 0.3) is 10.2 Å². The number of β-lactam (4-membered cyclic amide) rings is 1. The highest BCUT2D eigenvalue weighted by molar-refractivity contribution is 7.17. The minimum absolute atomic E-state index is 0.0750. The van der Waals surface area contributed by atoms with Crippen LogP contribution in [0.2, 0.25) is 0 Å². The van der Waals surface area contributed by atoms with Gasteiger partial charge in [-0.25, -0.2) is 9.97 Å². The van der Waals surface area contributed by atoms with Crippen molar-refractivity contribution in [3.05, 3.63) is 46.5 Å². The molecule has 2 saturated heterocycles. The number of aryl methyl sites for hydroxylation is 1. The molecule has 0 radical (unpaired) electrons. The molecule has 0 N–H and O–H groups in total. The molecule has 0 aliphatic carbocycles. The van der Waals surface area contributed by atoms with E-state index in [1.54, 1.807) is 41.9 Å². The van der Waals surface area contributed by atoms with Crippen LogP contribution >= 0.6 is 11.3 Å². The van der Waals surface area contributed by atoms with Crippen LogP contribution in [0, 0.1) is 5.41 Å². The summed E-state index contributed by atoms with van der Waals surface area (Å²) in [5.74, 6) is 1.07. The first-order valence-electron chi connectivity index (χ1n) is 8.99. The maximum Gasteiger partial charge on any atom is 0.250 e. The lowest BCUT2D eigenvalue weighted by Gasteiger charge is -2.53. The van der Waals surface area contributed by atoms with Crippen molar-refractivity contribution in [1.29, 1.82) is 0 Å². The second-order valence-corrected chi connectivity index (χ2v) is 8.28. The summed E-state index contributed by atoms with van der Waals surface area (Å²) >= 11 is 1.64. The third-order valence-electron chi connectivity index (χ3n) is 5.64. The molecule has 1 amide bonds. The van der Waals surface area contributed by atoms with Gasteiger partial charge in [-0.2, -0.15) is 0 Å². The first-order valence-corrected chi connectivity index (χ1v) is 9.87. The summed E-state index contributed by atoms with van der Waals surface area (Å²) in [6.07, 6.45) is 5.19. The van der Waals surface area contributed by atoms with Crippen LogP contribution in [-0.2, 0) is 11.8 Å². The van der Waals surface area contributed by atoms with Crippen LogP contribution in [0.3, 0.4) is 0 Å². The molecule has 138 valence electrons. The lowest BCUT2D eigenvalue weighted by atomic mass is 9.72. The molecule has 27 heavy (non-hydrogen) atoms. The molecule has 0 aromatic carbocycles. The molecule has 2 aliphatic heterocycles. The van der Waals surface area contributed by atoms with Crippen molar-refractivity contribution in [3.63, 3.8) is 0 Å². The van der Waals surface area contributed by atoms with Crippen molar-refractivity contribution in [2.45, 2.75) is 12.8 Å². The first kappa shape index (κ1) is 16.4. The van der Waals surface area contributed by atoms with E-state index in [2.05, 4.69) is 14.9 Å². The van der Waals surface area contributed by atoms with Crippen LogP contribution in [-0.4, -0.2) is 40.1 Å². The van der Waals surface area contributed by atoms with Gasteiger partial charge in [0.05, 0.1) is 21.3 Å². The SMILES string of the molecule is Cn1cc(N2CC3(CCCN(c4ncnc5ccsc45)C3)C2=O)ccc1=O. The summed E-state index contributed by atoms with van der Waals surface area (Å²) in [5.41, 5.74) is 1.31. The molecule has 3 aromatic rings. The van der Waals surface area contributed by atoms with Crippen molar-refractivity contribution in [2.24, 2.45) is 12.5 Å². The van der Waals surface area contributed by atoms with E-state index in [-0.39, 0.29) is 16.9 Å². The number of amides is 1. The number of thiophene rings is 1. The Morgan fingerprint density at radius 2 is 2.04 bits per heavy atom. The summed E-state index contributed by atoms with van der Waals surface area (Å²) in [6, 6.07) is 5.24. The van der Waals surface area contributed by atoms with Crippen molar-refractivity contribution in [3.8, 4) is 0 Å². The van der Waals surface area contributed by atoms with Gasteiger partial charge in [-0.05, 0) is 30.4 Å². The molecule has 2 fully saturated rings. The molecule has 0 bridgehead atoms. The number of fused-ring (bicyclic) bond motifs is 1. The number of carbonyl (C=O) groups is 1. The zero-order valence-electron chi connectivity index (χ0n) is 15.0. The second kappa shape index (κ2) is 5.88. The van der Waals surface area contributed by atoms with Gasteiger partial charge in [-0.1, -0.05) is 0 Å². The Morgan fingerprint density at radius 1 is 1.15 bits per heavy atom. The quantitative estimate of drug-likeness (QED) is 0.635. The third kappa shape index (κ3) is 2.47.